The van der Waals surface area contributed by atoms with Crippen molar-refractivity contribution in [1.82, 2.24) is 4.57 Å². The third kappa shape index (κ3) is 1.16. The molecule has 0 amide bonds. The van der Waals surface area contributed by atoms with E-state index in [1.165, 1.54) is 0 Å². The maximum absolute atomic E-state index is 11.7. The summed E-state index contributed by atoms with van der Waals surface area (Å²) >= 11 is 0. The van der Waals surface area contributed by atoms with Gasteiger partial charge in [-0.1, -0.05) is 12.1 Å². The van der Waals surface area contributed by atoms with Gasteiger partial charge in [0.15, 0.2) is 0 Å². The van der Waals surface area contributed by atoms with Crippen LogP contribution in [0.15, 0.2) is 35.1 Å². The summed E-state index contributed by atoms with van der Waals surface area (Å²) in [6.45, 7) is 2.61. The predicted molar refractivity (Wildman–Crippen MR) is 58.3 cm³/mol. The van der Waals surface area contributed by atoms with Crippen molar-refractivity contribution in [2.75, 3.05) is 0 Å². The van der Waals surface area contributed by atoms with Crippen LogP contribution < -0.4 is 10.3 Å². The van der Waals surface area contributed by atoms with Gasteiger partial charge in [0, 0.05) is 11.5 Å². The molecule has 0 fully saturated rings. The van der Waals surface area contributed by atoms with E-state index in [-0.39, 0.29) is 11.7 Å². The van der Waals surface area contributed by atoms with E-state index in [0.717, 1.165) is 16.7 Å². The number of benzene rings is 1. The molecule has 0 saturated carbocycles. The Hall–Kier alpha value is -1.77. The smallest absolute Gasteiger partial charge is 0.251 e. The summed E-state index contributed by atoms with van der Waals surface area (Å²) < 4.78 is 7.49. The molecular formula is C12H11NO2. The van der Waals surface area contributed by atoms with Crippen molar-refractivity contribution >= 4 is 10.9 Å². The van der Waals surface area contributed by atoms with Gasteiger partial charge in [-0.3, -0.25) is 4.79 Å². The fraction of sp³-hybridized carbons (Fsp3) is 0.250. The second kappa shape index (κ2) is 2.86. The van der Waals surface area contributed by atoms with Crippen LogP contribution in [-0.4, -0.2) is 10.7 Å². The lowest BCUT2D eigenvalue weighted by atomic mass is 10.1. The van der Waals surface area contributed by atoms with E-state index in [1.807, 2.05) is 31.2 Å². The number of rotatable bonds is 0. The quantitative estimate of drug-likeness (QED) is 0.650. The van der Waals surface area contributed by atoms with Gasteiger partial charge >= 0.3 is 0 Å². The van der Waals surface area contributed by atoms with Gasteiger partial charge in [-0.15, -0.1) is 0 Å². The molecule has 0 radical (unpaired) electrons. The Morgan fingerprint density at radius 2 is 2.20 bits per heavy atom. The lowest BCUT2D eigenvalue weighted by Crippen LogP contribution is -2.31. The Morgan fingerprint density at radius 3 is 3.07 bits per heavy atom. The molecule has 0 aliphatic carbocycles. The minimum atomic E-state index is 0.0464. The van der Waals surface area contributed by atoms with Crippen LogP contribution in [0.3, 0.4) is 0 Å². The molecule has 2 aromatic rings. The second-order valence-electron chi connectivity index (χ2n) is 3.90. The number of nitrogens with zero attached hydrogens (tertiary/aromatic N) is 1. The summed E-state index contributed by atoms with van der Waals surface area (Å²) in [6.07, 6.45) is 0.0585. The van der Waals surface area contributed by atoms with E-state index in [9.17, 15) is 4.79 Å². The largest absolute Gasteiger partial charge is 0.487 e. The Labute approximate surface area is 86.9 Å². The topological polar surface area (TPSA) is 31.2 Å². The molecule has 1 atom stereocenters. The molecule has 1 aromatic carbocycles. The van der Waals surface area contributed by atoms with Crippen molar-refractivity contribution in [2.24, 2.45) is 0 Å². The van der Waals surface area contributed by atoms with E-state index in [4.69, 9.17) is 4.74 Å². The minimum absolute atomic E-state index is 0.0464. The minimum Gasteiger partial charge on any atom is -0.487 e. The van der Waals surface area contributed by atoms with Crippen molar-refractivity contribution in [3.05, 3.63) is 40.7 Å². The molecule has 0 N–H and O–H groups in total. The predicted octanol–water partition coefficient (Wildman–Crippen LogP) is 1.78. The second-order valence-corrected chi connectivity index (χ2v) is 3.90. The molecule has 1 aliphatic heterocycles. The highest BCUT2D eigenvalue weighted by molar-refractivity contribution is 5.85. The number of aromatic nitrogens is 1. The third-order valence-electron chi connectivity index (χ3n) is 2.74. The lowest BCUT2D eigenvalue weighted by molar-refractivity contribution is 0.188. The molecule has 3 nitrogen and oxygen atoms in total. The van der Waals surface area contributed by atoms with Crippen LogP contribution in [0, 0.1) is 0 Å². The highest BCUT2D eigenvalue weighted by Gasteiger charge is 2.18. The number of pyridine rings is 1. The highest BCUT2D eigenvalue weighted by atomic mass is 16.5. The molecule has 15 heavy (non-hydrogen) atoms. The van der Waals surface area contributed by atoms with Gasteiger partial charge in [-0.2, -0.15) is 0 Å². The summed E-state index contributed by atoms with van der Waals surface area (Å²) in [4.78, 5) is 11.7. The van der Waals surface area contributed by atoms with Crippen molar-refractivity contribution in [1.29, 1.82) is 0 Å². The van der Waals surface area contributed by atoms with Crippen LogP contribution >= 0.6 is 0 Å². The molecule has 0 saturated heterocycles. The molecule has 2 heterocycles. The Bertz CT molecular complexity index is 586. The summed E-state index contributed by atoms with van der Waals surface area (Å²) in [7, 11) is 0. The molecule has 1 aliphatic rings. The van der Waals surface area contributed by atoms with Crippen molar-refractivity contribution in [3.8, 4) is 5.75 Å². The molecule has 1 aromatic heterocycles. The standard InChI is InChI=1S/C12H11NO2/c1-8-7-13-11(14)6-5-9-3-2-4-10(15-8)12(9)13/h2-6,8H,7H2,1H3. The molecule has 0 spiro atoms. The first kappa shape index (κ1) is 8.53. The Kier molecular flexibility index (Phi) is 1.63. The number of hydrogen-bond acceptors (Lipinski definition) is 2. The molecule has 1 unspecified atom stereocenters. The van der Waals surface area contributed by atoms with Gasteiger partial charge in [0.2, 0.25) is 0 Å². The van der Waals surface area contributed by atoms with Crippen molar-refractivity contribution < 1.29 is 4.74 Å². The molecule has 3 heteroatoms. The van der Waals surface area contributed by atoms with E-state index in [0.29, 0.717) is 6.54 Å². The van der Waals surface area contributed by atoms with Crippen LogP contribution in [0.1, 0.15) is 6.92 Å². The molecule has 0 bridgehead atoms. The van der Waals surface area contributed by atoms with Gasteiger partial charge in [0.25, 0.3) is 5.56 Å². The SMILES string of the molecule is CC1Cn2c(=O)ccc3cccc(c32)O1. The number of ether oxygens (including phenoxy) is 1. The van der Waals surface area contributed by atoms with Crippen LogP contribution in [0.4, 0.5) is 0 Å². The first-order valence-electron chi connectivity index (χ1n) is 5.05. The van der Waals surface area contributed by atoms with Gasteiger partial charge in [0.1, 0.15) is 11.9 Å². The van der Waals surface area contributed by atoms with E-state index >= 15 is 0 Å². The van der Waals surface area contributed by atoms with Gasteiger partial charge < -0.3 is 9.30 Å². The fourth-order valence-corrected chi connectivity index (χ4v) is 2.11. The van der Waals surface area contributed by atoms with E-state index in [2.05, 4.69) is 0 Å². The van der Waals surface area contributed by atoms with Crippen LogP contribution in [-0.2, 0) is 6.54 Å². The monoisotopic (exact) mass is 201 g/mol. The first-order chi connectivity index (χ1) is 7.25. The van der Waals surface area contributed by atoms with Crippen molar-refractivity contribution in [3.63, 3.8) is 0 Å². The average Bonchev–Trinajstić information content (AvgIpc) is 2.23. The number of hydrogen-bond donors (Lipinski definition) is 0. The van der Waals surface area contributed by atoms with E-state index < -0.39 is 0 Å². The maximum atomic E-state index is 11.7. The summed E-state index contributed by atoms with van der Waals surface area (Å²) in [5.41, 5.74) is 0.966. The number of para-hydroxylation sites is 1. The Morgan fingerprint density at radius 1 is 1.33 bits per heavy atom. The maximum Gasteiger partial charge on any atom is 0.251 e. The van der Waals surface area contributed by atoms with Crippen molar-refractivity contribution in [2.45, 2.75) is 19.6 Å². The average molecular weight is 201 g/mol. The summed E-state index contributed by atoms with van der Waals surface area (Å²) in [5.74, 6) is 0.809. The lowest BCUT2D eigenvalue weighted by Gasteiger charge is -2.24. The normalized spacial score (nSPS) is 18.9. The fourth-order valence-electron chi connectivity index (χ4n) is 2.11. The van der Waals surface area contributed by atoms with Crippen LogP contribution in [0.5, 0.6) is 5.75 Å². The van der Waals surface area contributed by atoms with Gasteiger partial charge in [-0.25, -0.2) is 0 Å². The van der Waals surface area contributed by atoms with Crippen LogP contribution in [0.25, 0.3) is 10.9 Å². The zero-order chi connectivity index (χ0) is 10.4. The molecule has 3 rings (SSSR count). The highest BCUT2D eigenvalue weighted by Crippen LogP contribution is 2.28. The summed E-state index contributed by atoms with van der Waals surface area (Å²) in [5, 5.41) is 1.05. The summed E-state index contributed by atoms with van der Waals surface area (Å²) in [6, 6.07) is 9.31. The Balaban J connectivity index is 2.48. The third-order valence-corrected chi connectivity index (χ3v) is 2.74. The van der Waals surface area contributed by atoms with Gasteiger partial charge in [0.05, 0.1) is 12.1 Å². The zero-order valence-corrected chi connectivity index (χ0v) is 8.43. The van der Waals surface area contributed by atoms with E-state index in [1.54, 1.807) is 10.6 Å². The molecule has 76 valence electrons. The van der Waals surface area contributed by atoms with Gasteiger partial charge in [-0.05, 0) is 19.1 Å². The molecular weight excluding hydrogens is 190 g/mol. The zero-order valence-electron chi connectivity index (χ0n) is 8.43. The first-order valence-corrected chi connectivity index (χ1v) is 5.05. The van der Waals surface area contributed by atoms with Crippen LogP contribution in [0.2, 0.25) is 0 Å².